The quantitative estimate of drug-likeness (QED) is 0.530. The van der Waals surface area contributed by atoms with Crippen molar-refractivity contribution < 1.29 is 18.0 Å². The summed E-state index contributed by atoms with van der Waals surface area (Å²) >= 11 is 5.48. The van der Waals surface area contributed by atoms with Crippen LogP contribution in [-0.4, -0.2) is 54.3 Å². The first-order valence-electron chi connectivity index (χ1n) is 5.96. The summed E-state index contributed by atoms with van der Waals surface area (Å²) in [6.07, 6.45) is 1.20. The highest BCUT2D eigenvalue weighted by Crippen LogP contribution is 2.23. The van der Waals surface area contributed by atoms with Crippen LogP contribution < -0.4 is 4.72 Å². The standard InChI is InChI=1S/C11H18N2O4S3/c1-3-4-20(16,17)12-10(14)9-6-19-7-13(9)11(15)8(2)5-18/h3,8-9,18H,1,4-7H2,2H3,(H,12,14)/t8-,9-/m1/s1. The third kappa shape index (κ3) is 4.42. The molecule has 1 aliphatic heterocycles. The van der Waals surface area contributed by atoms with Crippen molar-refractivity contribution in [1.29, 1.82) is 0 Å². The Hall–Kier alpha value is -0.670. The molecule has 0 aromatic carbocycles. The van der Waals surface area contributed by atoms with Gasteiger partial charge in [0.15, 0.2) is 0 Å². The van der Waals surface area contributed by atoms with E-state index in [0.717, 1.165) is 0 Å². The normalized spacial score (nSPS) is 20.5. The molecule has 0 aliphatic carbocycles. The maximum Gasteiger partial charge on any atom is 0.257 e. The smallest absolute Gasteiger partial charge is 0.257 e. The van der Waals surface area contributed by atoms with Crippen molar-refractivity contribution in [2.75, 3.05) is 23.1 Å². The van der Waals surface area contributed by atoms with E-state index >= 15 is 0 Å². The van der Waals surface area contributed by atoms with Gasteiger partial charge in [0.25, 0.3) is 5.91 Å². The highest BCUT2D eigenvalue weighted by Gasteiger charge is 2.37. The number of nitrogens with zero attached hydrogens (tertiary/aromatic N) is 1. The lowest BCUT2D eigenvalue weighted by molar-refractivity contribution is -0.139. The van der Waals surface area contributed by atoms with E-state index in [0.29, 0.717) is 17.4 Å². The van der Waals surface area contributed by atoms with Crippen LogP contribution in [0.5, 0.6) is 0 Å². The minimum absolute atomic E-state index is 0.189. The van der Waals surface area contributed by atoms with Gasteiger partial charge in [-0.05, 0) is 0 Å². The number of carbonyl (C=O) groups is 2. The molecule has 0 unspecified atom stereocenters. The molecule has 1 saturated heterocycles. The third-order valence-corrected chi connectivity index (χ3v) is 5.50. The molecule has 0 saturated carbocycles. The fourth-order valence-electron chi connectivity index (χ4n) is 1.66. The zero-order chi connectivity index (χ0) is 15.3. The minimum Gasteiger partial charge on any atom is -0.320 e. The molecule has 1 fully saturated rings. The van der Waals surface area contributed by atoms with Gasteiger partial charge in [-0.3, -0.25) is 14.3 Å². The van der Waals surface area contributed by atoms with E-state index in [1.807, 2.05) is 4.72 Å². The predicted molar refractivity (Wildman–Crippen MR) is 83.1 cm³/mol. The van der Waals surface area contributed by atoms with E-state index in [4.69, 9.17) is 0 Å². The SMILES string of the molecule is C=CCS(=O)(=O)NC(=O)[C@H]1CSCN1C(=O)[C@H](C)CS. The number of hydrogen-bond donors (Lipinski definition) is 2. The van der Waals surface area contributed by atoms with Crippen LogP contribution in [0.2, 0.25) is 0 Å². The summed E-state index contributed by atoms with van der Waals surface area (Å²) in [6, 6.07) is -0.755. The van der Waals surface area contributed by atoms with Gasteiger partial charge in [-0.15, -0.1) is 18.3 Å². The summed E-state index contributed by atoms with van der Waals surface area (Å²) in [6.45, 7) is 5.04. The molecule has 2 atom stereocenters. The van der Waals surface area contributed by atoms with Crippen LogP contribution >= 0.6 is 24.4 Å². The Balaban J connectivity index is 2.77. The van der Waals surface area contributed by atoms with E-state index in [1.165, 1.54) is 22.7 Å². The number of nitrogens with one attached hydrogen (secondary N) is 1. The first kappa shape index (κ1) is 17.4. The zero-order valence-electron chi connectivity index (χ0n) is 11.1. The number of amides is 2. The van der Waals surface area contributed by atoms with Crippen LogP contribution in [0.3, 0.4) is 0 Å². The van der Waals surface area contributed by atoms with Gasteiger partial charge >= 0.3 is 0 Å². The summed E-state index contributed by atoms with van der Waals surface area (Å²) in [5.74, 6) is -0.348. The minimum atomic E-state index is -3.72. The number of rotatable bonds is 6. The van der Waals surface area contributed by atoms with Crippen LogP contribution in [0.1, 0.15) is 6.92 Å². The topological polar surface area (TPSA) is 83.6 Å². The highest BCUT2D eigenvalue weighted by molar-refractivity contribution is 7.99. The number of thiol groups is 1. The van der Waals surface area contributed by atoms with Crippen molar-refractivity contribution in [3.8, 4) is 0 Å². The van der Waals surface area contributed by atoms with Crippen molar-refractivity contribution >= 4 is 46.2 Å². The van der Waals surface area contributed by atoms with E-state index in [2.05, 4.69) is 19.2 Å². The highest BCUT2D eigenvalue weighted by atomic mass is 32.2. The lowest BCUT2D eigenvalue weighted by atomic mass is 10.1. The summed E-state index contributed by atoms with van der Waals surface area (Å²) in [4.78, 5) is 25.5. The molecule has 2 amide bonds. The Labute approximate surface area is 128 Å². The van der Waals surface area contributed by atoms with E-state index < -0.39 is 22.0 Å². The Bertz CT molecular complexity index is 492. The van der Waals surface area contributed by atoms with Crippen LogP contribution in [0, 0.1) is 5.92 Å². The molecule has 1 heterocycles. The molecule has 0 spiro atoms. The molecule has 1 N–H and O–H groups in total. The van der Waals surface area contributed by atoms with Crippen LogP contribution in [-0.2, 0) is 19.6 Å². The molecule has 6 nitrogen and oxygen atoms in total. The summed E-state index contributed by atoms with van der Waals surface area (Å²) in [5.41, 5.74) is 0. The van der Waals surface area contributed by atoms with Gasteiger partial charge in [0.1, 0.15) is 6.04 Å². The predicted octanol–water partition coefficient (Wildman–Crippen LogP) is 0.0858. The second-order valence-electron chi connectivity index (χ2n) is 4.44. The fourth-order valence-corrected chi connectivity index (χ4v) is 3.81. The second-order valence-corrected chi connectivity index (χ2v) is 7.58. The van der Waals surface area contributed by atoms with E-state index in [9.17, 15) is 18.0 Å². The number of hydrogen-bond acceptors (Lipinski definition) is 6. The molecule has 1 rings (SSSR count). The maximum absolute atomic E-state index is 12.1. The average molecular weight is 338 g/mol. The first-order chi connectivity index (χ1) is 9.32. The van der Waals surface area contributed by atoms with Crippen LogP contribution in [0.15, 0.2) is 12.7 Å². The van der Waals surface area contributed by atoms with Crippen LogP contribution in [0.4, 0.5) is 0 Å². The van der Waals surface area contributed by atoms with Gasteiger partial charge < -0.3 is 4.90 Å². The Morgan fingerprint density at radius 3 is 2.80 bits per heavy atom. The van der Waals surface area contributed by atoms with Crippen molar-refractivity contribution in [2.45, 2.75) is 13.0 Å². The Morgan fingerprint density at radius 1 is 1.60 bits per heavy atom. The van der Waals surface area contributed by atoms with Gasteiger partial charge in [0.2, 0.25) is 15.9 Å². The summed E-state index contributed by atoms with van der Waals surface area (Å²) < 4.78 is 25.1. The van der Waals surface area contributed by atoms with Gasteiger partial charge in [0.05, 0.1) is 11.6 Å². The largest absolute Gasteiger partial charge is 0.320 e. The number of carbonyl (C=O) groups excluding carboxylic acids is 2. The molecule has 9 heteroatoms. The van der Waals surface area contributed by atoms with Gasteiger partial charge in [-0.25, -0.2) is 8.42 Å². The Kier molecular flexibility index (Phi) is 6.41. The molecule has 0 aromatic heterocycles. The molecular formula is C11H18N2O4S3. The fraction of sp³-hybridized carbons (Fsp3) is 0.636. The molecule has 20 heavy (non-hydrogen) atoms. The molecule has 114 valence electrons. The van der Waals surface area contributed by atoms with Crippen molar-refractivity contribution in [3.05, 3.63) is 12.7 Å². The summed E-state index contributed by atoms with van der Waals surface area (Å²) in [5, 5.41) is 0. The van der Waals surface area contributed by atoms with Crippen molar-refractivity contribution in [3.63, 3.8) is 0 Å². The molecular weight excluding hydrogens is 320 g/mol. The first-order valence-corrected chi connectivity index (χ1v) is 9.40. The number of sulfonamides is 1. The van der Waals surface area contributed by atoms with Crippen LogP contribution in [0.25, 0.3) is 0 Å². The van der Waals surface area contributed by atoms with Gasteiger partial charge in [-0.2, -0.15) is 12.6 Å². The third-order valence-electron chi connectivity index (χ3n) is 2.76. The van der Waals surface area contributed by atoms with E-state index in [1.54, 1.807) is 6.92 Å². The molecule has 0 aromatic rings. The van der Waals surface area contributed by atoms with Gasteiger partial charge in [0, 0.05) is 17.4 Å². The monoisotopic (exact) mass is 338 g/mol. The number of thioether (sulfide) groups is 1. The van der Waals surface area contributed by atoms with Gasteiger partial charge in [-0.1, -0.05) is 13.0 Å². The summed E-state index contributed by atoms with van der Waals surface area (Å²) in [7, 11) is -3.72. The lowest BCUT2D eigenvalue weighted by Gasteiger charge is -2.25. The molecule has 0 radical (unpaired) electrons. The molecule has 1 aliphatic rings. The van der Waals surface area contributed by atoms with Crippen molar-refractivity contribution in [1.82, 2.24) is 9.62 Å². The molecule has 0 bridgehead atoms. The van der Waals surface area contributed by atoms with Crippen molar-refractivity contribution in [2.24, 2.45) is 5.92 Å². The maximum atomic E-state index is 12.1. The second kappa shape index (κ2) is 7.37. The lowest BCUT2D eigenvalue weighted by Crippen LogP contribution is -2.50. The zero-order valence-corrected chi connectivity index (χ0v) is 13.6. The average Bonchev–Trinajstić information content (AvgIpc) is 2.85. The van der Waals surface area contributed by atoms with E-state index in [-0.39, 0.29) is 17.6 Å². The Morgan fingerprint density at radius 2 is 2.25 bits per heavy atom.